The average Bonchev–Trinajstić information content (AvgIpc) is 2.18. The Morgan fingerprint density at radius 1 is 1.36 bits per heavy atom. The average molecular weight is 194 g/mol. The van der Waals surface area contributed by atoms with Crippen LogP contribution in [0.2, 0.25) is 0 Å². The fourth-order valence-corrected chi connectivity index (χ4v) is 1.85. The predicted octanol–water partition coefficient (Wildman–Crippen LogP) is 0.738. The van der Waals surface area contributed by atoms with E-state index in [4.69, 9.17) is 5.73 Å². The number of amides is 1. The number of carbonyl (C=O) groups excluding carboxylic acids is 1. The molecule has 1 fully saturated rings. The van der Waals surface area contributed by atoms with E-state index in [1.54, 1.807) is 11.8 Å². The van der Waals surface area contributed by atoms with Crippen LogP contribution in [0.15, 0.2) is 0 Å². The second-order valence-electron chi connectivity index (χ2n) is 3.86. The summed E-state index contributed by atoms with van der Waals surface area (Å²) in [5, 5.41) is 0. The van der Waals surface area contributed by atoms with E-state index in [2.05, 4.69) is 11.8 Å². The van der Waals surface area contributed by atoms with Crippen LogP contribution < -0.4 is 5.73 Å². The van der Waals surface area contributed by atoms with Gasteiger partial charge in [-0.2, -0.15) is 0 Å². The summed E-state index contributed by atoms with van der Waals surface area (Å²) in [7, 11) is 1.83. The van der Waals surface area contributed by atoms with Crippen LogP contribution in [0.3, 0.4) is 0 Å². The molecule has 1 aliphatic carbocycles. The zero-order valence-corrected chi connectivity index (χ0v) is 8.92. The Labute approximate surface area is 85.6 Å². The van der Waals surface area contributed by atoms with Crippen molar-refractivity contribution in [3.8, 4) is 11.8 Å². The first-order valence-electron chi connectivity index (χ1n) is 5.10. The molecule has 0 aliphatic heterocycles. The van der Waals surface area contributed by atoms with Gasteiger partial charge >= 0.3 is 0 Å². The van der Waals surface area contributed by atoms with Crippen LogP contribution >= 0.6 is 0 Å². The summed E-state index contributed by atoms with van der Waals surface area (Å²) in [6, 6.07) is 0.662. The largest absolute Gasteiger partial charge is 0.332 e. The first-order chi connectivity index (χ1) is 6.65. The summed E-state index contributed by atoms with van der Waals surface area (Å²) in [5.41, 5.74) is 5.80. The molecule has 0 heterocycles. The predicted molar refractivity (Wildman–Crippen MR) is 56.5 cm³/mol. The second kappa shape index (κ2) is 5.02. The van der Waals surface area contributed by atoms with Crippen LogP contribution in [0, 0.1) is 11.8 Å². The molecular weight excluding hydrogens is 176 g/mol. The third kappa shape index (κ3) is 2.74. The van der Waals surface area contributed by atoms with Crippen LogP contribution in [0.5, 0.6) is 0 Å². The van der Waals surface area contributed by atoms with E-state index in [9.17, 15) is 4.79 Å². The van der Waals surface area contributed by atoms with Crippen molar-refractivity contribution in [2.75, 3.05) is 7.05 Å². The zero-order chi connectivity index (χ0) is 10.6. The highest BCUT2D eigenvalue weighted by molar-refractivity contribution is 5.93. The van der Waals surface area contributed by atoms with Crippen LogP contribution in [0.4, 0.5) is 0 Å². The van der Waals surface area contributed by atoms with Crippen LogP contribution in [0.25, 0.3) is 0 Å². The fraction of sp³-hybridized carbons (Fsp3) is 0.727. The van der Waals surface area contributed by atoms with Crippen molar-refractivity contribution in [1.82, 2.24) is 4.90 Å². The van der Waals surface area contributed by atoms with Crippen LogP contribution in [-0.4, -0.2) is 29.9 Å². The lowest BCUT2D eigenvalue weighted by Crippen LogP contribution is -2.41. The van der Waals surface area contributed by atoms with E-state index in [1.807, 2.05) is 7.05 Å². The van der Waals surface area contributed by atoms with Gasteiger partial charge in [0.05, 0.1) is 0 Å². The second-order valence-corrected chi connectivity index (χ2v) is 3.86. The summed E-state index contributed by atoms with van der Waals surface area (Å²) >= 11 is 0. The minimum absolute atomic E-state index is 0.0760. The standard InChI is InChI=1S/C11H18N2O/c1-3-4-11(14)13(2)10-7-5-9(12)6-8-10/h9-10H,5-8,12H2,1-2H3. The van der Waals surface area contributed by atoms with Crippen molar-refractivity contribution in [3.63, 3.8) is 0 Å². The molecule has 0 aromatic carbocycles. The molecule has 0 aromatic rings. The third-order valence-electron chi connectivity index (χ3n) is 2.84. The topological polar surface area (TPSA) is 46.3 Å². The molecule has 0 aromatic heterocycles. The highest BCUT2D eigenvalue weighted by atomic mass is 16.2. The number of hydrogen-bond acceptors (Lipinski definition) is 2. The molecule has 1 rings (SSSR count). The van der Waals surface area contributed by atoms with Gasteiger partial charge in [0.15, 0.2) is 0 Å². The lowest BCUT2D eigenvalue weighted by Gasteiger charge is -2.32. The minimum atomic E-state index is -0.0760. The van der Waals surface area contributed by atoms with Gasteiger partial charge in [0, 0.05) is 19.1 Å². The van der Waals surface area contributed by atoms with Gasteiger partial charge in [0.2, 0.25) is 0 Å². The molecular formula is C11H18N2O. The van der Waals surface area contributed by atoms with E-state index in [1.165, 1.54) is 0 Å². The molecule has 1 saturated carbocycles. The maximum Gasteiger partial charge on any atom is 0.298 e. The van der Waals surface area contributed by atoms with Crippen molar-refractivity contribution in [3.05, 3.63) is 0 Å². The van der Waals surface area contributed by atoms with Gasteiger partial charge in [0.25, 0.3) is 5.91 Å². The molecule has 0 unspecified atom stereocenters. The van der Waals surface area contributed by atoms with E-state index >= 15 is 0 Å². The molecule has 0 spiro atoms. The third-order valence-corrected chi connectivity index (χ3v) is 2.84. The maximum absolute atomic E-state index is 11.4. The Balaban J connectivity index is 2.47. The molecule has 78 valence electrons. The Hall–Kier alpha value is -1.01. The summed E-state index contributed by atoms with van der Waals surface area (Å²) < 4.78 is 0. The van der Waals surface area contributed by atoms with Crippen molar-refractivity contribution in [2.24, 2.45) is 5.73 Å². The van der Waals surface area contributed by atoms with Gasteiger partial charge < -0.3 is 10.6 Å². The normalized spacial score (nSPS) is 26.2. The van der Waals surface area contributed by atoms with Crippen molar-refractivity contribution in [1.29, 1.82) is 0 Å². The van der Waals surface area contributed by atoms with Crippen molar-refractivity contribution >= 4 is 5.91 Å². The summed E-state index contributed by atoms with van der Waals surface area (Å²) in [6.07, 6.45) is 4.05. The monoisotopic (exact) mass is 194 g/mol. The molecule has 0 radical (unpaired) electrons. The van der Waals surface area contributed by atoms with Crippen LogP contribution in [-0.2, 0) is 4.79 Å². The van der Waals surface area contributed by atoms with Gasteiger partial charge in [-0.3, -0.25) is 4.79 Å². The van der Waals surface area contributed by atoms with Gasteiger partial charge in [-0.15, -0.1) is 0 Å². The Morgan fingerprint density at radius 2 is 1.93 bits per heavy atom. The molecule has 0 bridgehead atoms. The van der Waals surface area contributed by atoms with E-state index < -0.39 is 0 Å². The summed E-state index contributed by atoms with van der Waals surface area (Å²) in [4.78, 5) is 13.2. The molecule has 2 N–H and O–H groups in total. The Morgan fingerprint density at radius 3 is 2.43 bits per heavy atom. The van der Waals surface area contributed by atoms with E-state index in [0.29, 0.717) is 12.1 Å². The highest BCUT2D eigenvalue weighted by Gasteiger charge is 2.23. The minimum Gasteiger partial charge on any atom is -0.332 e. The molecule has 14 heavy (non-hydrogen) atoms. The number of nitrogens with two attached hydrogens (primary N) is 1. The number of hydrogen-bond donors (Lipinski definition) is 1. The molecule has 0 saturated heterocycles. The number of nitrogens with zero attached hydrogens (tertiary/aromatic N) is 1. The van der Waals surface area contributed by atoms with Gasteiger partial charge in [-0.1, -0.05) is 5.92 Å². The molecule has 0 atom stereocenters. The van der Waals surface area contributed by atoms with Gasteiger partial charge in [-0.25, -0.2) is 0 Å². The molecule has 3 heteroatoms. The van der Waals surface area contributed by atoms with Crippen LogP contribution in [0.1, 0.15) is 32.6 Å². The smallest absolute Gasteiger partial charge is 0.298 e. The van der Waals surface area contributed by atoms with E-state index in [-0.39, 0.29) is 5.91 Å². The van der Waals surface area contributed by atoms with Crippen molar-refractivity contribution < 1.29 is 4.79 Å². The number of carbonyl (C=O) groups is 1. The SMILES string of the molecule is CC#CC(=O)N(C)C1CCC(N)CC1. The van der Waals surface area contributed by atoms with Gasteiger partial charge in [0.1, 0.15) is 0 Å². The fourth-order valence-electron chi connectivity index (χ4n) is 1.85. The summed E-state index contributed by atoms with van der Waals surface area (Å²) in [5.74, 6) is 5.11. The van der Waals surface area contributed by atoms with Gasteiger partial charge in [-0.05, 0) is 38.5 Å². The Kier molecular flexibility index (Phi) is 3.97. The van der Waals surface area contributed by atoms with E-state index in [0.717, 1.165) is 25.7 Å². The maximum atomic E-state index is 11.4. The molecule has 1 aliphatic rings. The first kappa shape index (κ1) is 11.1. The number of rotatable bonds is 1. The van der Waals surface area contributed by atoms with Crippen molar-refractivity contribution in [2.45, 2.75) is 44.7 Å². The highest BCUT2D eigenvalue weighted by Crippen LogP contribution is 2.20. The first-order valence-corrected chi connectivity index (χ1v) is 5.10. The molecule has 3 nitrogen and oxygen atoms in total. The summed E-state index contributed by atoms with van der Waals surface area (Å²) in [6.45, 7) is 1.68. The molecule has 1 amide bonds. The lowest BCUT2D eigenvalue weighted by atomic mass is 9.91. The lowest BCUT2D eigenvalue weighted by molar-refractivity contribution is -0.126. The Bertz CT molecular complexity index is 256. The zero-order valence-electron chi connectivity index (χ0n) is 8.92. The quantitative estimate of drug-likeness (QED) is 0.626.